The van der Waals surface area contributed by atoms with E-state index in [1.54, 1.807) is 7.11 Å². The number of hydrogen-bond donors (Lipinski definition) is 1. The molecule has 3 heteroatoms. The highest BCUT2D eigenvalue weighted by Crippen LogP contribution is 2.23. The van der Waals surface area contributed by atoms with Crippen LogP contribution in [0.15, 0.2) is 29.2 Å². The number of rotatable bonds is 2. The first-order valence-electron chi connectivity index (χ1n) is 4.86. The standard InChI is InChI=1S/C11H15NOS/c1-13-10-5-6-12(8-10)9-3-2-4-11(14)7-9/h2-4,7,10,14H,5-6,8H2,1H3/t10-/m0/s1. The average molecular weight is 209 g/mol. The smallest absolute Gasteiger partial charge is 0.0762 e. The van der Waals surface area contributed by atoms with Gasteiger partial charge in [-0.2, -0.15) is 0 Å². The molecule has 1 aromatic rings. The number of nitrogens with zero attached hydrogens (tertiary/aromatic N) is 1. The summed E-state index contributed by atoms with van der Waals surface area (Å²) in [5, 5.41) is 0. The lowest BCUT2D eigenvalue weighted by Gasteiger charge is -2.18. The monoisotopic (exact) mass is 209 g/mol. The second-order valence-electron chi connectivity index (χ2n) is 3.61. The van der Waals surface area contributed by atoms with Crippen molar-refractivity contribution in [2.45, 2.75) is 17.4 Å². The largest absolute Gasteiger partial charge is 0.380 e. The molecular weight excluding hydrogens is 194 g/mol. The predicted molar refractivity (Wildman–Crippen MR) is 61.3 cm³/mol. The van der Waals surface area contributed by atoms with Gasteiger partial charge in [-0.3, -0.25) is 0 Å². The lowest BCUT2D eigenvalue weighted by Crippen LogP contribution is -2.21. The Morgan fingerprint density at radius 3 is 3.00 bits per heavy atom. The third-order valence-electron chi connectivity index (χ3n) is 2.67. The van der Waals surface area contributed by atoms with Gasteiger partial charge in [0.15, 0.2) is 0 Å². The lowest BCUT2D eigenvalue weighted by atomic mass is 10.3. The highest BCUT2D eigenvalue weighted by Gasteiger charge is 2.21. The molecule has 1 heterocycles. The van der Waals surface area contributed by atoms with E-state index < -0.39 is 0 Å². The van der Waals surface area contributed by atoms with Crippen molar-refractivity contribution in [3.05, 3.63) is 24.3 Å². The van der Waals surface area contributed by atoms with Crippen LogP contribution in [-0.2, 0) is 4.74 Å². The van der Waals surface area contributed by atoms with Crippen molar-refractivity contribution in [2.24, 2.45) is 0 Å². The van der Waals surface area contributed by atoms with E-state index in [4.69, 9.17) is 4.74 Å². The zero-order valence-corrected chi connectivity index (χ0v) is 9.21. The quantitative estimate of drug-likeness (QED) is 0.750. The summed E-state index contributed by atoms with van der Waals surface area (Å²) in [4.78, 5) is 3.36. The topological polar surface area (TPSA) is 12.5 Å². The van der Waals surface area contributed by atoms with Crippen molar-refractivity contribution >= 4 is 18.3 Å². The highest BCUT2D eigenvalue weighted by atomic mass is 32.1. The van der Waals surface area contributed by atoms with Crippen LogP contribution in [0.3, 0.4) is 0 Å². The molecule has 0 aliphatic carbocycles. The maximum atomic E-state index is 5.33. The minimum Gasteiger partial charge on any atom is -0.380 e. The number of thiol groups is 1. The molecule has 0 unspecified atom stereocenters. The molecule has 1 fully saturated rings. The van der Waals surface area contributed by atoms with Gasteiger partial charge in [-0.15, -0.1) is 12.6 Å². The molecule has 0 saturated carbocycles. The lowest BCUT2D eigenvalue weighted by molar-refractivity contribution is 0.121. The Hall–Kier alpha value is -0.670. The summed E-state index contributed by atoms with van der Waals surface area (Å²) in [5.74, 6) is 0. The molecule has 14 heavy (non-hydrogen) atoms. The van der Waals surface area contributed by atoms with Crippen LogP contribution in [0.2, 0.25) is 0 Å². The Balaban J connectivity index is 2.09. The zero-order chi connectivity index (χ0) is 9.97. The molecule has 1 saturated heterocycles. The Kier molecular flexibility index (Phi) is 2.99. The van der Waals surface area contributed by atoms with Crippen molar-refractivity contribution in [3.8, 4) is 0 Å². The molecule has 0 amide bonds. The van der Waals surface area contributed by atoms with Crippen LogP contribution in [0, 0.1) is 0 Å². The van der Waals surface area contributed by atoms with E-state index in [-0.39, 0.29) is 0 Å². The summed E-state index contributed by atoms with van der Waals surface area (Å²) in [6, 6.07) is 8.26. The van der Waals surface area contributed by atoms with E-state index in [0.717, 1.165) is 24.4 Å². The fourth-order valence-electron chi connectivity index (χ4n) is 1.84. The highest BCUT2D eigenvalue weighted by molar-refractivity contribution is 7.80. The van der Waals surface area contributed by atoms with Crippen molar-refractivity contribution in [1.82, 2.24) is 0 Å². The summed E-state index contributed by atoms with van der Waals surface area (Å²) in [7, 11) is 1.78. The fraction of sp³-hybridized carbons (Fsp3) is 0.455. The van der Waals surface area contributed by atoms with E-state index in [0.29, 0.717) is 6.10 Å². The molecule has 1 aromatic carbocycles. The van der Waals surface area contributed by atoms with Gasteiger partial charge in [0.2, 0.25) is 0 Å². The van der Waals surface area contributed by atoms with Crippen LogP contribution in [0.25, 0.3) is 0 Å². The Bertz CT molecular complexity index is 316. The number of methoxy groups -OCH3 is 1. The summed E-state index contributed by atoms with van der Waals surface area (Å²) >= 11 is 4.33. The Morgan fingerprint density at radius 2 is 2.36 bits per heavy atom. The van der Waals surface area contributed by atoms with Gasteiger partial charge in [-0.25, -0.2) is 0 Å². The first-order valence-corrected chi connectivity index (χ1v) is 5.31. The minimum atomic E-state index is 0.388. The molecule has 0 spiro atoms. The number of benzene rings is 1. The van der Waals surface area contributed by atoms with Crippen LogP contribution in [-0.4, -0.2) is 26.3 Å². The number of hydrogen-bond acceptors (Lipinski definition) is 3. The second-order valence-corrected chi connectivity index (χ2v) is 4.13. The van der Waals surface area contributed by atoms with Gasteiger partial charge < -0.3 is 9.64 Å². The van der Waals surface area contributed by atoms with Crippen molar-refractivity contribution in [1.29, 1.82) is 0 Å². The first-order chi connectivity index (χ1) is 6.79. The summed E-state index contributed by atoms with van der Waals surface area (Å²) in [5.41, 5.74) is 1.25. The number of anilines is 1. The van der Waals surface area contributed by atoms with E-state index >= 15 is 0 Å². The number of ether oxygens (including phenoxy) is 1. The van der Waals surface area contributed by atoms with Gasteiger partial charge in [-0.05, 0) is 24.6 Å². The molecule has 0 aromatic heterocycles. The van der Waals surface area contributed by atoms with Crippen molar-refractivity contribution in [2.75, 3.05) is 25.1 Å². The average Bonchev–Trinajstić information content (AvgIpc) is 2.66. The second kappa shape index (κ2) is 4.24. The SMILES string of the molecule is CO[C@H]1CCN(c2cccc(S)c2)C1. The van der Waals surface area contributed by atoms with Crippen LogP contribution < -0.4 is 4.90 Å². The molecule has 2 nitrogen and oxygen atoms in total. The molecule has 0 bridgehead atoms. The summed E-state index contributed by atoms with van der Waals surface area (Å²) < 4.78 is 5.33. The molecule has 0 N–H and O–H groups in total. The first kappa shape index (κ1) is 9.87. The molecule has 0 radical (unpaired) electrons. The molecule has 1 aliphatic rings. The van der Waals surface area contributed by atoms with Crippen LogP contribution in [0.4, 0.5) is 5.69 Å². The Morgan fingerprint density at radius 1 is 1.50 bits per heavy atom. The normalized spacial score (nSPS) is 21.6. The third-order valence-corrected chi connectivity index (χ3v) is 2.95. The van der Waals surface area contributed by atoms with E-state index in [9.17, 15) is 0 Å². The van der Waals surface area contributed by atoms with Crippen molar-refractivity contribution < 1.29 is 4.74 Å². The molecule has 76 valence electrons. The van der Waals surface area contributed by atoms with E-state index in [2.05, 4.69) is 29.7 Å². The van der Waals surface area contributed by atoms with Gasteiger partial charge in [0.25, 0.3) is 0 Å². The van der Waals surface area contributed by atoms with Gasteiger partial charge in [0.1, 0.15) is 0 Å². The van der Waals surface area contributed by atoms with Crippen molar-refractivity contribution in [3.63, 3.8) is 0 Å². The Labute approximate surface area is 90.3 Å². The van der Waals surface area contributed by atoms with Crippen LogP contribution in [0.5, 0.6) is 0 Å². The van der Waals surface area contributed by atoms with Gasteiger partial charge >= 0.3 is 0 Å². The van der Waals surface area contributed by atoms with Gasteiger partial charge in [0.05, 0.1) is 6.10 Å². The van der Waals surface area contributed by atoms with Gasteiger partial charge in [-0.1, -0.05) is 6.07 Å². The third kappa shape index (κ3) is 2.04. The predicted octanol–water partition coefficient (Wildman–Crippen LogP) is 2.20. The molecular formula is C11H15NOS. The van der Waals surface area contributed by atoms with E-state index in [1.165, 1.54) is 5.69 Å². The molecule has 2 rings (SSSR count). The van der Waals surface area contributed by atoms with E-state index in [1.807, 2.05) is 12.1 Å². The zero-order valence-electron chi connectivity index (χ0n) is 8.31. The summed E-state index contributed by atoms with van der Waals surface area (Å²) in [6.07, 6.45) is 1.51. The maximum absolute atomic E-state index is 5.33. The minimum absolute atomic E-state index is 0.388. The summed E-state index contributed by atoms with van der Waals surface area (Å²) in [6.45, 7) is 2.07. The van der Waals surface area contributed by atoms with Crippen LogP contribution >= 0.6 is 12.6 Å². The van der Waals surface area contributed by atoms with Gasteiger partial charge in [0, 0.05) is 30.8 Å². The fourth-order valence-corrected chi connectivity index (χ4v) is 2.06. The molecule has 1 atom stereocenters. The maximum Gasteiger partial charge on any atom is 0.0762 e. The van der Waals surface area contributed by atoms with Crippen LogP contribution in [0.1, 0.15) is 6.42 Å². The molecule has 1 aliphatic heterocycles.